The first-order chi connectivity index (χ1) is 14.7. The van der Waals surface area contributed by atoms with Gasteiger partial charge in [-0.3, -0.25) is 14.8 Å². The minimum absolute atomic E-state index is 0.184. The predicted octanol–water partition coefficient (Wildman–Crippen LogP) is 4.05. The number of benzene rings is 1. The van der Waals surface area contributed by atoms with Gasteiger partial charge in [-0.1, -0.05) is 56.3 Å². The summed E-state index contributed by atoms with van der Waals surface area (Å²) in [5, 5.41) is 15.0. The molecule has 1 aliphatic rings. The molecule has 0 aromatic heterocycles. The Kier molecular flexibility index (Phi) is 9.87. The first kappa shape index (κ1) is 25.2. The number of urea groups is 1. The van der Waals surface area contributed by atoms with Gasteiger partial charge in [0.25, 0.3) is 5.91 Å². The molecule has 31 heavy (non-hydrogen) atoms. The lowest BCUT2D eigenvalue weighted by atomic mass is 9.97. The normalized spacial score (nSPS) is 15.8. The van der Waals surface area contributed by atoms with Crippen LogP contribution in [0.5, 0.6) is 0 Å². The van der Waals surface area contributed by atoms with Gasteiger partial charge in [-0.05, 0) is 42.9 Å². The van der Waals surface area contributed by atoms with Crippen molar-refractivity contribution in [3.8, 4) is 0 Å². The Morgan fingerprint density at radius 2 is 1.90 bits per heavy atom. The Hall–Kier alpha value is -2.03. The van der Waals surface area contributed by atoms with Crippen molar-refractivity contribution in [3.05, 3.63) is 28.2 Å². The fraction of sp³-hybridized carbons (Fsp3) is 0.571. The molecule has 1 aliphatic carbocycles. The van der Waals surface area contributed by atoms with E-state index in [2.05, 4.69) is 10.6 Å². The molecule has 8 nitrogen and oxygen atoms in total. The van der Waals surface area contributed by atoms with Crippen LogP contribution in [0.2, 0.25) is 10.0 Å². The van der Waals surface area contributed by atoms with E-state index in [0.717, 1.165) is 25.7 Å². The van der Waals surface area contributed by atoms with Gasteiger partial charge in [0.15, 0.2) is 0 Å². The van der Waals surface area contributed by atoms with Gasteiger partial charge in [0, 0.05) is 11.6 Å². The average molecular weight is 473 g/mol. The minimum Gasteiger partial charge on any atom is -0.331 e. The Morgan fingerprint density at radius 3 is 2.52 bits per heavy atom. The van der Waals surface area contributed by atoms with Crippen LogP contribution in [0, 0.1) is 11.8 Å². The minimum atomic E-state index is -0.851. The Morgan fingerprint density at radius 1 is 1.23 bits per heavy atom. The highest BCUT2D eigenvalue weighted by Crippen LogP contribution is 2.27. The van der Waals surface area contributed by atoms with Crippen LogP contribution in [0.3, 0.4) is 0 Å². The van der Waals surface area contributed by atoms with Crippen LogP contribution >= 0.6 is 23.2 Å². The molecule has 172 valence electrons. The number of amides is 4. The smallest absolute Gasteiger partial charge is 0.319 e. The third-order valence-corrected chi connectivity index (χ3v) is 6.23. The third-order valence-electron chi connectivity index (χ3n) is 5.67. The van der Waals surface area contributed by atoms with Crippen LogP contribution in [0.25, 0.3) is 0 Å². The molecule has 2 rings (SSSR count). The second-order valence-corrected chi connectivity index (χ2v) is 8.83. The lowest BCUT2D eigenvalue weighted by molar-refractivity contribution is -0.141. The molecule has 0 bridgehead atoms. The van der Waals surface area contributed by atoms with Crippen molar-refractivity contribution in [1.29, 1.82) is 0 Å². The van der Waals surface area contributed by atoms with E-state index in [1.54, 1.807) is 17.6 Å². The molecule has 2 atom stereocenters. The Bertz CT molecular complexity index is 787. The topological polar surface area (TPSA) is 111 Å². The van der Waals surface area contributed by atoms with E-state index >= 15 is 0 Å². The first-order valence-corrected chi connectivity index (χ1v) is 11.2. The van der Waals surface area contributed by atoms with Gasteiger partial charge in [0.2, 0.25) is 5.91 Å². The van der Waals surface area contributed by atoms with Gasteiger partial charge in [-0.2, -0.15) is 0 Å². The largest absolute Gasteiger partial charge is 0.331 e. The van der Waals surface area contributed by atoms with Gasteiger partial charge in [-0.25, -0.2) is 10.3 Å². The summed E-state index contributed by atoms with van der Waals surface area (Å²) in [6, 6.07) is 3.23. The quantitative estimate of drug-likeness (QED) is 0.320. The van der Waals surface area contributed by atoms with Gasteiger partial charge in [-0.15, -0.1) is 0 Å². The van der Waals surface area contributed by atoms with E-state index in [-0.39, 0.29) is 18.4 Å². The van der Waals surface area contributed by atoms with Crippen molar-refractivity contribution in [2.75, 3.05) is 18.4 Å². The number of nitrogens with one attached hydrogen (secondary N) is 3. The van der Waals surface area contributed by atoms with Crippen molar-refractivity contribution in [3.63, 3.8) is 0 Å². The summed E-state index contributed by atoms with van der Waals surface area (Å²) in [5.74, 6) is -0.926. The second kappa shape index (κ2) is 12.1. The van der Waals surface area contributed by atoms with Crippen molar-refractivity contribution >= 4 is 46.7 Å². The van der Waals surface area contributed by atoms with E-state index in [1.807, 2.05) is 13.8 Å². The van der Waals surface area contributed by atoms with Gasteiger partial charge >= 0.3 is 6.03 Å². The molecule has 10 heteroatoms. The molecule has 0 spiro atoms. The number of hydrogen-bond acceptors (Lipinski definition) is 4. The number of carbonyl (C=O) groups is 3. The molecule has 0 radical (unpaired) electrons. The number of anilines is 1. The van der Waals surface area contributed by atoms with Crippen molar-refractivity contribution in [2.45, 2.75) is 52.0 Å². The second-order valence-electron chi connectivity index (χ2n) is 7.99. The fourth-order valence-corrected chi connectivity index (χ4v) is 4.06. The Labute approximate surface area is 192 Å². The zero-order valence-corrected chi connectivity index (χ0v) is 19.3. The highest BCUT2D eigenvalue weighted by Gasteiger charge is 2.33. The van der Waals surface area contributed by atoms with E-state index in [1.165, 1.54) is 11.0 Å². The number of hydroxylamine groups is 1. The zero-order valence-electron chi connectivity index (χ0n) is 17.8. The number of nitrogens with zero attached hydrogens (tertiary/aromatic N) is 1. The fourth-order valence-electron chi connectivity index (χ4n) is 3.72. The molecule has 0 heterocycles. The molecular formula is C21H30Cl2N4O4. The predicted molar refractivity (Wildman–Crippen MR) is 120 cm³/mol. The third kappa shape index (κ3) is 7.55. The molecule has 2 unspecified atom stereocenters. The summed E-state index contributed by atoms with van der Waals surface area (Å²) in [6.45, 7) is 3.90. The van der Waals surface area contributed by atoms with Crippen molar-refractivity contribution < 1.29 is 19.6 Å². The number of rotatable bonds is 9. The van der Waals surface area contributed by atoms with Crippen LogP contribution in [0.4, 0.5) is 10.5 Å². The highest BCUT2D eigenvalue weighted by molar-refractivity contribution is 6.35. The number of carbonyl (C=O) groups excluding carboxylic acids is 3. The number of hydrogen-bond donors (Lipinski definition) is 4. The molecule has 1 aromatic rings. The van der Waals surface area contributed by atoms with E-state index in [0.29, 0.717) is 34.6 Å². The first-order valence-electron chi connectivity index (χ1n) is 10.5. The van der Waals surface area contributed by atoms with Crippen LogP contribution in [-0.4, -0.2) is 47.1 Å². The van der Waals surface area contributed by atoms with E-state index in [4.69, 9.17) is 28.4 Å². The summed E-state index contributed by atoms with van der Waals surface area (Å²) in [5.41, 5.74) is 1.91. The molecule has 4 N–H and O–H groups in total. The number of halogens is 2. The SMILES string of the molecule is CCC(C)C(NC(=O)Nc1cc(Cl)ccc1Cl)C(=O)N(CC(=O)NO)CC1CCCC1. The van der Waals surface area contributed by atoms with Gasteiger partial charge in [0.05, 0.1) is 10.7 Å². The lowest BCUT2D eigenvalue weighted by Gasteiger charge is -2.31. The molecule has 0 saturated heterocycles. The van der Waals surface area contributed by atoms with Crippen LogP contribution in [0.1, 0.15) is 46.0 Å². The average Bonchev–Trinajstić information content (AvgIpc) is 3.26. The lowest BCUT2D eigenvalue weighted by Crippen LogP contribution is -2.55. The van der Waals surface area contributed by atoms with Crippen LogP contribution < -0.4 is 16.1 Å². The Balaban J connectivity index is 2.16. The van der Waals surface area contributed by atoms with Gasteiger partial charge < -0.3 is 15.5 Å². The molecule has 4 amide bonds. The standard InChI is InChI=1S/C21H30Cl2N4O4/c1-3-13(2)19(25-21(30)24-17-10-15(22)8-9-16(17)23)20(29)27(12-18(28)26-31)11-14-6-4-5-7-14/h8-10,13-14,19,31H,3-7,11-12H2,1-2H3,(H,26,28)(H2,24,25,30). The maximum atomic E-state index is 13.4. The molecule has 1 fully saturated rings. The monoisotopic (exact) mass is 472 g/mol. The molecular weight excluding hydrogens is 443 g/mol. The molecule has 1 saturated carbocycles. The highest BCUT2D eigenvalue weighted by atomic mass is 35.5. The van der Waals surface area contributed by atoms with Crippen molar-refractivity contribution in [2.24, 2.45) is 11.8 Å². The zero-order chi connectivity index (χ0) is 23.0. The molecule has 0 aliphatic heterocycles. The summed E-state index contributed by atoms with van der Waals surface area (Å²) < 4.78 is 0. The van der Waals surface area contributed by atoms with Crippen LogP contribution in [-0.2, 0) is 9.59 Å². The summed E-state index contributed by atoms with van der Waals surface area (Å²) >= 11 is 12.1. The maximum Gasteiger partial charge on any atom is 0.319 e. The molecule has 1 aromatic carbocycles. The van der Waals surface area contributed by atoms with Crippen LogP contribution in [0.15, 0.2) is 18.2 Å². The summed E-state index contributed by atoms with van der Waals surface area (Å²) in [6.07, 6.45) is 4.79. The summed E-state index contributed by atoms with van der Waals surface area (Å²) in [7, 11) is 0. The van der Waals surface area contributed by atoms with Crippen molar-refractivity contribution in [1.82, 2.24) is 15.7 Å². The summed E-state index contributed by atoms with van der Waals surface area (Å²) in [4.78, 5) is 39.2. The van der Waals surface area contributed by atoms with E-state index < -0.39 is 18.0 Å². The van der Waals surface area contributed by atoms with E-state index in [9.17, 15) is 14.4 Å². The maximum absolute atomic E-state index is 13.4. The van der Waals surface area contributed by atoms with Gasteiger partial charge in [0.1, 0.15) is 12.6 Å².